The van der Waals surface area contributed by atoms with Crippen LogP contribution >= 0.6 is 11.3 Å². The van der Waals surface area contributed by atoms with E-state index in [9.17, 15) is 13.2 Å². The molecular formula is C16H22N2O3S2. The van der Waals surface area contributed by atoms with E-state index in [0.29, 0.717) is 4.70 Å². The van der Waals surface area contributed by atoms with Crippen LogP contribution in [0.5, 0.6) is 0 Å². The second-order valence-electron chi connectivity index (χ2n) is 6.22. The van der Waals surface area contributed by atoms with Gasteiger partial charge in [0.1, 0.15) is 0 Å². The first-order chi connectivity index (χ1) is 11.0. The van der Waals surface area contributed by atoms with Gasteiger partial charge in [-0.15, -0.1) is 0 Å². The van der Waals surface area contributed by atoms with E-state index in [0.717, 1.165) is 42.5 Å². The smallest absolute Gasteiger partial charge is 0.302 e. The molecule has 1 aliphatic carbocycles. The van der Waals surface area contributed by atoms with Crippen molar-refractivity contribution >= 4 is 31.6 Å². The second kappa shape index (κ2) is 6.75. The molecule has 2 aromatic rings. The first-order valence-electron chi connectivity index (χ1n) is 8.09. The van der Waals surface area contributed by atoms with Gasteiger partial charge in [-0.3, -0.25) is 4.79 Å². The average molecular weight is 354 g/mol. The fourth-order valence-electron chi connectivity index (χ4n) is 3.14. The molecule has 1 fully saturated rings. The minimum absolute atomic E-state index is 0.0190. The average Bonchev–Trinajstić information content (AvgIpc) is 2.76. The molecule has 1 N–H and O–H groups in total. The number of nitrogens with zero attached hydrogens (tertiary/aromatic N) is 1. The van der Waals surface area contributed by atoms with Crippen molar-refractivity contribution in [1.82, 2.24) is 9.29 Å². The number of nitrogens with one attached hydrogen (secondary N) is 1. The monoisotopic (exact) mass is 354 g/mol. The molecule has 0 unspecified atom stereocenters. The molecule has 126 valence electrons. The zero-order chi connectivity index (χ0) is 16.4. The van der Waals surface area contributed by atoms with Gasteiger partial charge in [0.05, 0.1) is 15.1 Å². The van der Waals surface area contributed by atoms with Gasteiger partial charge in [0.2, 0.25) is 10.0 Å². The van der Waals surface area contributed by atoms with E-state index in [1.54, 1.807) is 29.8 Å². The number of aryl methyl sites for hydroxylation is 1. The zero-order valence-corrected chi connectivity index (χ0v) is 14.9. The van der Waals surface area contributed by atoms with Crippen molar-refractivity contribution in [3.63, 3.8) is 0 Å². The molecular weight excluding hydrogens is 332 g/mol. The predicted octanol–water partition coefficient (Wildman–Crippen LogP) is 2.99. The van der Waals surface area contributed by atoms with Crippen LogP contribution in [-0.2, 0) is 17.1 Å². The number of benzene rings is 1. The van der Waals surface area contributed by atoms with Crippen molar-refractivity contribution in [2.45, 2.75) is 55.9 Å². The first kappa shape index (κ1) is 16.7. The Kier molecular flexibility index (Phi) is 4.89. The zero-order valence-electron chi connectivity index (χ0n) is 13.2. The SMILES string of the molecule is Cn1c(=O)sc2cc(S(=O)(=O)NC3CCCCCCC3)ccc21. The maximum absolute atomic E-state index is 12.6. The van der Waals surface area contributed by atoms with Crippen LogP contribution in [0.4, 0.5) is 0 Å². The number of hydrogen-bond acceptors (Lipinski definition) is 4. The maximum atomic E-state index is 12.6. The summed E-state index contributed by atoms with van der Waals surface area (Å²) in [5, 5.41) is 0. The molecule has 0 radical (unpaired) electrons. The number of rotatable bonds is 3. The van der Waals surface area contributed by atoms with Gasteiger partial charge in [-0.1, -0.05) is 43.4 Å². The van der Waals surface area contributed by atoms with Gasteiger partial charge < -0.3 is 4.57 Å². The highest BCUT2D eigenvalue weighted by Gasteiger charge is 2.21. The summed E-state index contributed by atoms with van der Waals surface area (Å²) in [5.74, 6) is 0. The first-order valence-corrected chi connectivity index (χ1v) is 10.4. The van der Waals surface area contributed by atoms with Crippen molar-refractivity contribution in [3.05, 3.63) is 27.9 Å². The van der Waals surface area contributed by atoms with E-state index in [2.05, 4.69) is 4.72 Å². The topological polar surface area (TPSA) is 68.2 Å². The lowest BCUT2D eigenvalue weighted by Crippen LogP contribution is -2.35. The summed E-state index contributed by atoms with van der Waals surface area (Å²) in [6.45, 7) is 0. The summed E-state index contributed by atoms with van der Waals surface area (Å²) < 4.78 is 30.4. The van der Waals surface area contributed by atoms with Crippen LogP contribution in [0.15, 0.2) is 27.9 Å². The van der Waals surface area contributed by atoms with E-state index in [1.807, 2.05) is 0 Å². The molecule has 5 nitrogen and oxygen atoms in total. The molecule has 0 saturated heterocycles. The Morgan fingerprint density at radius 3 is 2.48 bits per heavy atom. The van der Waals surface area contributed by atoms with Crippen molar-refractivity contribution in [2.24, 2.45) is 7.05 Å². The third-order valence-corrected chi connectivity index (χ3v) is 7.01. The predicted molar refractivity (Wildman–Crippen MR) is 93.5 cm³/mol. The van der Waals surface area contributed by atoms with E-state index in [4.69, 9.17) is 0 Å². The van der Waals surface area contributed by atoms with Crippen LogP contribution < -0.4 is 9.60 Å². The standard InChI is InChI=1S/C16H22N2O3S2/c1-18-14-10-9-13(11-15(14)22-16(18)19)23(20,21)17-12-7-5-3-2-4-6-8-12/h9-12,17H,2-8H2,1H3. The highest BCUT2D eigenvalue weighted by molar-refractivity contribution is 7.89. The number of aromatic nitrogens is 1. The number of hydrogen-bond donors (Lipinski definition) is 1. The quantitative estimate of drug-likeness (QED) is 0.921. The van der Waals surface area contributed by atoms with Crippen LogP contribution in [0, 0.1) is 0 Å². The molecule has 1 aliphatic rings. The highest BCUT2D eigenvalue weighted by Crippen LogP contribution is 2.23. The van der Waals surface area contributed by atoms with E-state index < -0.39 is 10.0 Å². The molecule has 1 aromatic carbocycles. The summed E-state index contributed by atoms with van der Waals surface area (Å²) in [5.41, 5.74) is 0.768. The molecule has 7 heteroatoms. The summed E-state index contributed by atoms with van der Waals surface area (Å²) in [4.78, 5) is 11.9. The molecule has 1 saturated carbocycles. The summed E-state index contributed by atoms with van der Waals surface area (Å²) in [6, 6.07) is 4.91. The van der Waals surface area contributed by atoms with E-state index >= 15 is 0 Å². The highest BCUT2D eigenvalue weighted by atomic mass is 32.2. The van der Waals surface area contributed by atoms with Gasteiger partial charge in [0, 0.05) is 13.1 Å². The molecule has 0 spiro atoms. The van der Waals surface area contributed by atoms with Crippen LogP contribution in [0.1, 0.15) is 44.9 Å². The lowest BCUT2D eigenvalue weighted by atomic mass is 9.97. The minimum Gasteiger partial charge on any atom is -0.302 e. The number of fused-ring (bicyclic) bond motifs is 1. The van der Waals surface area contributed by atoms with Crippen LogP contribution in [0.2, 0.25) is 0 Å². The fourth-order valence-corrected chi connectivity index (χ4v) is 5.47. The van der Waals surface area contributed by atoms with E-state index in [1.165, 1.54) is 19.3 Å². The fraction of sp³-hybridized carbons (Fsp3) is 0.562. The molecule has 23 heavy (non-hydrogen) atoms. The Hall–Kier alpha value is -1.18. The van der Waals surface area contributed by atoms with Crippen LogP contribution in [-0.4, -0.2) is 19.0 Å². The van der Waals surface area contributed by atoms with Gasteiger partial charge in [0.25, 0.3) is 0 Å². The van der Waals surface area contributed by atoms with Crippen molar-refractivity contribution < 1.29 is 8.42 Å². The Labute approximate surface area is 140 Å². The Balaban J connectivity index is 1.85. The maximum Gasteiger partial charge on any atom is 0.307 e. The molecule has 3 rings (SSSR count). The summed E-state index contributed by atoms with van der Waals surface area (Å²) in [6.07, 6.45) is 7.58. The Morgan fingerprint density at radius 1 is 1.13 bits per heavy atom. The largest absolute Gasteiger partial charge is 0.307 e. The molecule has 0 atom stereocenters. The summed E-state index contributed by atoms with van der Waals surface area (Å²) in [7, 11) is -1.84. The van der Waals surface area contributed by atoms with Gasteiger partial charge in [0.15, 0.2) is 0 Å². The van der Waals surface area contributed by atoms with Gasteiger partial charge in [-0.05, 0) is 31.0 Å². The molecule has 1 aromatic heterocycles. The van der Waals surface area contributed by atoms with E-state index in [-0.39, 0.29) is 15.8 Å². The Bertz CT molecular complexity index is 844. The van der Waals surface area contributed by atoms with Gasteiger partial charge >= 0.3 is 4.87 Å². The Morgan fingerprint density at radius 2 is 1.78 bits per heavy atom. The van der Waals surface area contributed by atoms with Gasteiger partial charge in [-0.2, -0.15) is 0 Å². The normalized spacial score (nSPS) is 18.0. The van der Waals surface area contributed by atoms with Crippen LogP contribution in [0.3, 0.4) is 0 Å². The van der Waals surface area contributed by atoms with Gasteiger partial charge in [-0.25, -0.2) is 13.1 Å². The molecule has 1 heterocycles. The lowest BCUT2D eigenvalue weighted by Gasteiger charge is -2.21. The summed E-state index contributed by atoms with van der Waals surface area (Å²) >= 11 is 1.08. The number of sulfonamides is 1. The van der Waals surface area contributed by atoms with Crippen molar-refractivity contribution in [3.8, 4) is 0 Å². The molecule has 0 aliphatic heterocycles. The van der Waals surface area contributed by atoms with Crippen molar-refractivity contribution in [2.75, 3.05) is 0 Å². The minimum atomic E-state index is -3.54. The second-order valence-corrected chi connectivity index (χ2v) is 8.93. The lowest BCUT2D eigenvalue weighted by molar-refractivity contribution is 0.426. The third kappa shape index (κ3) is 3.67. The van der Waals surface area contributed by atoms with Crippen LogP contribution in [0.25, 0.3) is 10.2 Å². The molecule has 0 amide bonds. The number of thiazole rings is 1. The van der Waals surface area contributed by atoms with Crippen molar-refractivity contribution in [1.29, 1.82) is 0 Å². The molecule has 0 bridgehead atoms. The third-order valence-electron chi connectivity index (χ3n) is 4.50.